The highest BCUT2D eigenvalue weighted by molar-refractivity contribution is 5.56. The molecule has 1 aromatic heterocycles. The molecular formula is C11H9F2N3O. The second-order valence-corrected chi connectivity index (χ2v) is 3.27. The quantitative estimate of drug-likeness (QED) is 0.857. The summed E-state index contributed by atoms with van der Waals surface area (Å²) in [5.74, 6) is -0.812. The fourth-order valence-electron chi connectivity index (χ4n) is 1.27. The molecule has 0 spiro atoms. The van der Waals surface area contributed by atoms with Crippen LogP contribution in [0.15, 0.2) is 30.5 Å². The molecule has 0 saturated heterocycles. The monoisotopic (exact) mass is 237 g/mol. The molecule has 1 heterocycles. The van der Waals surface area contributed by atoms with Crippen molar-refractivity contribution in [1.82, 2.24) is 9.97 Å². The summed E-state index contributed by atoms with van der Waals surface area (Å²) in [4.78, 5) is 7.70. The molecule has 2 aromatic rings. The number of rotatable bonds is 3. The van der Waals surface area contributed by atoms with Crippen LogP contribution in [0.2, 0.25) is 0 Å². The summed E-state index contributed by atoms with van der Waals surface area (Å²) >= 11 is 0. The molecule has 4 nitrogen and oxygen atoms in total. The van der Waals surface area contributed by atoms with Crippen molar-refractivity contribution in [2.45, 2.75) is 6.61 Å². The van der Waals surface area contributed by atoms with Crippen LogP contribution >= 0.6 is 0 Å². The maximum atomic E-state index is 13.3. The van der Waals surface area contributed by atoms with E-state index in [1.807, 2.05) is 0 Å². The lowest BCUT2D eigenvalue weighted by atomic mass is 10.3. The smallest absolute Gasteiger partial charge is 0.156 e. The van der Waals surface area contributed by atoms with Gasteiger partial charge in [0.25, 0.3) is 0 Å². The predicted molar refractivity (Wildman–Crippen MR) is 57.6 cm³/mol. The second-order valence-electron chi connectivity index (χ2n) is 3.27. The van der Waals surface area contributed by atoms with Gasteiger partial charge in [0, 0.05) is 12.3 Å². The number of hydrogen-bond acceptors (Lipinski definition) is 4. The van der Waals surface area contributed by atoms with Gasteiger partial charge in [-0.3, -0.25) is 0 Å². The normalized spacial score (nSPS) is 10.3. The molecule has 2 rings (SSSR count). The Morgan fingerprint density at radius 3 is 2.76 bits per heavy atom. The molecular weight excluding hydrogens is 228 g/mol. The van der Waals surface area contributed by atoms with Gasteiger partial charge in [-0.15, -0.1) is 0 Å². The van der Waals surface area contributed by atoms with Crippen molar-refractivity contribution in [3.05, 3.63) is 47.9 Å². The van der Waals surface area contributed by atoms with Gasteiger partial charge in [0.15, 0.2) is 5.82 Å². The molecule has 88 valence electrons. The van der Waals surface area contributed by atoms with Crippen molar-refractivity contribution in [3.8, 4) is 0 Å². The molecule has 0 aliphatic heterocycles. The van der Waals surface area contributed by atoms with Gasteiger partial charge in [-0.2, -0.15) is 0 Å². The van der Waals surface area contributed by atoms with E-state index in [0.29, 0.717) is 5.82 Å². The number of benzene rings is 1. The van der Waals surface area contributed by atoms with E-state index in [9.17, 15) is 8.78 Å². The van der Waals surface area contributed by atoms with E-state index in [2.05, 4.69) is 15.3 Å². The van der Waals surface area contributed by atoms with Crippen LogP contribution in [-0.2, 0) is 6.61 Å². The summed E-state index contributed by atoms with van der Waals surface area (Å²) < 4.78 is 26.0. The topological polar surface area (TPSA) is 58.0 Å². The molecule has 17 heavy (non-hydrogen) atoms. The van der Waals surface area contributed by atoms with Gasteiger partial charge in [-0.1, -0.05) is 0 Å². The van der Waals surface area contributed by atoms with Crippen LogP contribution in [-0.4, -0.2) is 15.1 Å². The maximum Gasteiger partial charge on any atom is 0.156 e. The third kappa shape index (κ3) is 2.73. The van der Waals surface area contributed by atoms with E-state index < -0.39 is 11.6 Å². The number of aromatic nitrogens is 2. The molecule has 0 aliphatic carbocycles. The van der Waals surface area contributed by atoms with Crippen LogP contribution in [0.1, 0.15) is 5.82 Å². The molecule has 6 heteroatoms. The van der Waals surface area contributed by atoms with Gasteiger partial charge in [0.2, 0.25) is 0 Å². The fourth-order valence-corrected chi connectivity index (χ4v) is 1.27. The molecule has 0 radical (unpaired) electrons. The third-order valence-electron chi connectivity index (χ3n) is 2.04. The average Bonchev–Trinajstić information content (AvgIpc) is 2.33. The lowest BCUT2D eigenvalue weighted by molar-refractivity contribution is 0.271. The van der Waals surface area contributed by atoms with Gasteiger partial charge in [-0.25, -0.2) is 18.7 Å². The Kier molecular flexibility index (Phi) is 3.24. The van der Waals surface area contributed by atoms with Crippen molar-refractivity contribution in [2.75, 3.05) is 5.32 Å². The molecule has 1 aromatic carbocycles. The summed E-state index contributed by atoms with van der Waals surface area (Å²) in [7, 11) is 0. The molecule has 0 atom stereocenters. The van der Waals surface area contributed by atoms with Crippen LogP contribution < -0.4 is 5.32 Å². The van der Waals surface area contributed by atoms with Crippen molar-refractivity contribution >= 4 is 11.5 Å². The van der Waals surface area contributed by atoms with E-state index in [4.69, 9.17) is 5.11 Å². The first-order valence-corrected chi connectivity index (χ1v) is 4.84. The van der Waals surface area contributed by atoms with E-state index in [0.717, 1.165) is 12.1 Å². The number of nitrogens with one attached hydrogen (secondary N) is 1. The van der Waals surface area contributed by atoms with Crippen LogP contribution in [0.3, 0.4) is 0 Å². The number of aliphatic hydroxyl groups excluding tert-OH is 1. The second kappa shape index (κ2) is 4.84. The van der Waals surface area contributed by atoms with Gasteiger partial charge < -0.3 is 10.4 Å². The molecule has 0 saturated carbocycles. The van der Waals surface area contributed by atoms with Crippen molar-refractivity contribution in [3.63, 3.8) is 0 Å². The minimum atomic E-state index is -0.714. The van der Waals surface area contributed by atoms with Gasteiger partial charge in [0.1, 0.15) is 24.1 Å². The van der Waals surface area contributed by atoms with Crippen molar-refractivity contribution < 1.29 is 13.9 Å². The highest BCUT2D eigenvalue weighted by Crippen LogP contribution is 2.19. The van der Waals surface area contributed by atoms with E-state index in [1.165, 1.54) is 18.3 Å². The van der Waals surface area contributed by atoms with Gasteiger partial charge in [-0.05, 0) is 18.2 Å². The van der Waals surface area contributed by atoms with Crippen LogP contribution in [0, 0.1) is 11.6 Å². The number of nitrogens with zero attached hydrogens (tertiary/aromatic N) is 2. The SMILES string of the molecule is OCc1nccc(Nc2ccc(F)cc2F)n1. The molecule has 0 unspecified atom stereocenters. The highest BCUT2D eigenvalue weighted by Gasteiger charge is 2.05. The lowest BCUT2D eigenvalue weighted by Gasteiger charge is -2.07. The Morgan fingerprint density at radius 2 is 2.06 bits per heavy atom. The first-order chi connectivity index (χ1) is 8.19. The summed E-state index contributed by atoms with van der Waals surface area (Å²) in [6, 6.07) is 4.70. The van der Waals surface area contributed by atoms with Crippen LogP contribution in [0.25, 0.3) is 0 Å². The summed E-state index contributed by atoms with van der Waals surface area (Å²) in [5, 5.41) is 11.5. The first-order valence-electron chi connectivity index (χ1n) is 4.84. The summed E-state index contributed by atoms with van der Waals surface area (Å²) in [6.07, 6.45) is 1.43. The van der Waals surface area contributed by atoms with Gasteiger partial charge in [0.05, 0.1) is 5.69 Å². The fraction of sp³-hybridized carbons (Fsp3) is 0.0909. The largest absolute Gasteiger partial charge is 0.388 e. The predicted octanol–water partition coefficient (Wildman–Crippen LogP) is 1.99. The van der Waals surface area contributed by atoms with Crippen LogP contribution in [0.5, 0.6) is 0 Å². The number of halogens is 2. The number of aliphatic hydroxyl groups is 1. The van der Waals surface area contributed by atoms with E-state index >= 15 is 0 Å². The minimum Gasteiger partial charge on any atom is -0.388 e. The standard InChI is InChI=1S/C11H9F2N3O/c12-7-1-2-9(8(13)5-7)15-10-3-4-14-11(6-17)16-10/h1-5,17H,6H2,(H,14,15,16). The third-order valence-corrected chi connectivity index (χ3v) is 2.04. The maximum absolute atomic E-state index is 13.3. The molecule has 2 N–H and O–H groups in total. The molecule has 0 fully saturated rings. The highest BCUT2D eigenvalue weighted by atomic mass is 19.1. The Hall–Kier alpha value is -2.08. The zero-order valence-corrected chi connectivity index (χ0v) is 8.69. The Morgan fingerprint density at radius 1 is 1.24 bits per heavy atom. The first kappa shape index (κ1) is 11.4. The average molecular weight is 237 g/mol. The Balaban J connectivity index is 2.25. The zero-order chi connectivity index (χ0) is 12.3. The molecule has 0 aliphatic rings. The van der Waals surface area contributed by atoms with E-state index in [1.54, 1.807) is 0 Å². The molecule has 0 amide bonds. The number of hydrogen-bond donors (Lipinski definition) is 2. The Bertz CT molecular complexity index is 534. The van der Waals surface area contributed by atoms with Crippen LogP contribution in [0.4, 0.5) is 20.3 Å². The summed E-state index contributed by atoms with van der Waals surface area (Å²) in [6.45, 7) is -0.304. The van der Waals surface area contributed by atoms with Crippen molar-refractivity contribution in [2.24, 2.45) is 0 Å². The van der Waals surface area contributed by atoms with Crippen molar-refractivity contribution in [1.29, 1.82) is 0 Å². The van der Waals surface area contributed by atoms with E-state index in [-0.39, 0.29) is 18.1 Å². The Labute approximate surface area is 96.0 Å². The minimum absolute atomic E-state index is 0.106. The lowest BCUT2D eigenvalue weighted by Crippen LogP contribution is -2.00. The zero-order valence-electron chi connectivity index (χ0n) is 8.69. The number of anilines is 2. The molecule has 0 bridgehead atoms. The van der Waals surface area contributed by atoms with Gasteiger partial charge >= 0.3 is 0 Å². The summed E-state index contributed by atoms with van der Waals surface area (Å²) in [5.41, 5.74) is 0.106.